The second kappa shape index (κ2) is 9.47. The number of aromatic nitrogens is 1. The van der Waals surface area contributed by atoms with Crippen molar-refractivity contribution < 1.29 is 18.8 Å². The first-order chi connectivity index (χ1) is 13.9. The maximum absolute atomic E-state index is 12.7. The Balaban J connectivity index is 1.54. The van der Waals surface area contributed by atoms with Crippen molar-refractivity contribution in [2.75, 3.05) is 20.2 Å². The molecule has 1 aromatic heterocycles. The lowest BCUT2D eigenvalue weighted by atomic mass is 10.2. The van der Waals surface area contributed by atoms with Gasteiger partial charge in [-0.2, -0.15) is 0 Å². The minimum Gasteiger partial charge on any atom is -0.492 e. The van der Waals surface area contributed by atoms with Gasteiger partial charge in [0.25, 0.3) is 5.91 Å². The van der Waals surface area contributed by atoms with Gasteiger partial charge in [-0.1, -0.05) is 22.8 Å². The standard InChI is InChI=1S/C22H23ClN2O4/c1-15-21(16(2)29-24-15)14-28-20-6-4-5-17(13-20)22(26)25(3)11-12-27-19-9-7-18(23)8-10-19/h4-10,13H,11-12,14H2,1-3H3. The number of nitrogens with zero attached hydrogens (tertiary/aromatic N) is 2. The molecule has 1 heterocycles. The van der Waals surface area contributed by atoms with Crippen LogP contribution < -0.4 is 9.47 Å². The van der Waals surface area contributed by atoms with Gasteiger partial charge in [-0.25, -0.2) is 0 Å². The molecule has 29 heavy (non-hydrogen) atoms. The molecule has 0 N–H and O–H groups in total. The van der Waals surface area contributed by atoms with Crippen molar-refractivity contribution in [2.45, 2.75) is 20.5 Å². The van der Waals surface area contributed by atoms with Crippen molar-refractivity contribution in [2.24, 2.45) is 0 Å². The summed E-state index contributed by atoms with van der Waals surface area (Å²) in [5.74, 6) is 1.95. The molecule has 0 fully saturated rings. The summed E-state index contributed by atoms with van der Waals surface area (Å²) in [5.41, 5.74) is 2.27. The lowest BCUT2D eigenvalue weighted by molar-refractivity contribution is 0.0773. The predicted molar refractivity (Wildman–Crippen MR) is 111 cm³/mol. The first-order valence-corrected chi connectivity index (χ1v) is 9.60. The average Bonchev–Trinajstić information content (AvgIpc) is 3.05. The van der Waals surface area contributed by atoms with Gasteiger partial charge in [-0.05, 0) is 56.3 Å². The molecule has 0 spiro atoms. The largest absolute Gasteiger partial charge is 0.492 e. The van der Waals surface area contributed by atoms with Crippen LogP contribution in [0.15, 0.2) is 53.1 Å². The Hall–Kier alpha value is -2.99. The first kappa shape index (κ1) is 20.7. The van der Waals surface area contributed by atoms with E-state index in [1.165, 1.54) is 0 Å². The number of carbonyl (C=O) groups is 1. The van der Waals surface area contributed by atoms with Crippen molar-refractivity contribution in [3.8, 4) is 11.5 Å². The van der Waals surface area contributed by atoms with E-state index >= 15 is 0 Å². The quantitative estimate of drug-likeness (QED) is 0.535. The third-order valence-corrected chi connectivity index (χ3v) is 4.75. The zero-order chi connectivity index (χ0) is 20.8. The zero-order valence-corrected chi connectivity index (χ0v) is 17.4. The monoisotopic (exact) mass is 414 g/mol. The fraction of sp³-hybridized carbons (Fsp3) is 0.273. The number of rotatable bonds is 8. The van der Waals surface area contributed by atoms with Crippen LogP contribution in [0.4, 0.5) is 0 Å². The van der Waals surface area contributed by atoms with Crippen LogP contribution in [0.5, 0.6) is 11.5 Å². The number of amides is 1. The van der Waals surface area contributed by atoms with E-state index in [0.717, 1.165) is 17.0 Å². The van der Waals surface area contributed by atoms with Crippen LogP contribution in [0.2, 0.25) is 5.02 Å². The molecular weight excluding hydrogens is 392 g/mol. The van der Waals surface area contributed by atoms with Crippen molar-refractivity contribution in [1.82, 2.24) is 10.1 Å². The number of hydrogen-bond donors (Lipinski definition) is 0. The molecule has 0 aliphatic heterocycles. The van der Waals surface area contributed by atoms with Gasteiger partial charge in [0.05, 0.1) is 17.8 Å². The van der Waals surface area contributed by atoms with Crippen LogP contribution in [-0.2, 0) is 6.61 Å². The van der Waals surface area contributed by atoms with Gasteiger partial charge < -0.3 is 18.9 Å². The molecule has 0 saturated heterocycles. The second-order valence-corrected chi connectivity index (χ2v) is 7.08. The zero-order valence-electron chi connectivity index (χ0n) is 16.6. The van der Waals surface area contributed by atoms with Crippen LogP contribution >= 0.6 is 11.6 Å². The highest BCUT2D eigenvalue weighted by molar-refractivity contribution is 6.30. The van der Waals surface area contributed by atoms with Crippen LogP contribution in [-0.4, -0.2) is 36.2 Å². The third kappa shape index (κ3) is 5.51. The third-order valence-electron chi connectivity index (χ3n) is 4.50. The molecule has 0 aliphatic carbocycles. The number of hydrogen-bond acceptors (Lipinski definition) is 5. The summed E-state index contributed by atoms with van der Waals surface area (Å²) in [6.45, 7) is 4.89. The Kier molecular flexibility index (Phi) is 6.77. The van der Waals surface area contributed by atoms with Crippen LogP contribution in [0, 0.1) is 13.8 Å². The van der Waals surface area contributed by atoms with Gasteiger partial charge >= 0.3 is 0 Å². The molecule has 7 heteroatoms. The highest BCUT2D eigenvalue weighted by Crippen LogP contribution is 2.19. The van der Waals surface area contributed by atoms with E-state index in [2.05, 4.69) is 5.16 Å². The van der Waals surface area contributed by atoms with Crippen LogP contribution in [0.1, 0.15) is 27.4 Å². The summed E-state index contributed by atoms with van der Waals surface area (Å²) in [6.07, 6.45) is 0. The van der Waals surface area contributed by atoms with E-state index in [0.29, 0.717) is 41.8 Å². The Bertz CT molecular complexity index is 950. The molecule has 0 bridgehead atoms. The van der Waals surface area contributed by atoms with E-state index < -0.39 is 0 Å². The molecule has 152 valence electrons. The van der Waals surface area contributed by atoms with E-state index in [1.54, 1.807) is 54.4 Å². The number of benzene rings is 2. The Morgan fingerprint density at radius 2 is 1.86 bits per heavy atom. The van der Waals surface area contributed by atoms with Crippen LogP contribution in [0.25, 0.3) is 0 Å². The van der Waals surface area contributed by atoms with Crippen molar-refractivity contribution in [3.05, 3.63) is 76.1 Å². The number of ether oxygens (including phenoxy) is 2. The summed E-state index contributed by atoms with van der Waals surface area (Å²) in [7, 11) is 1.74. The topological polar surface area (TPSA) is 64.8 Å². The van der Waals surface area contributed by atoms with Gasteiger partial charge in [0.15, 0.2) is 0 Å². The fourth-order valence-electron chi connectivity index (χ4n) is 2.74. The summed E-state index contributed by atoms with van der Waals surface area (Å²) < 4.78 is 16.6. The highest BCUT2D eigenvalue weighted by Gasteiger charge is 2.14. The Morgan fingerprint density at radius 3 is 2.55 bits per heavy atom. The normalized spacial score (nSPS) is 10.6. The number of halogens is 1. The molecule has 0 saturated carbocycles. The average molecular weight is 415 g/mol. The molecule has 0 radical (unpaired) electrons. The van der Waals surface area contributed by atoms with Gasteiger partial charge in [-0.15, -0.1) is 0 Å². The number of aryl methyl sites for hydroxylation is 2. The van der Waals surface area contributed by atoms with E-state index in [9.17, 15) is 4.79 Å². The molecule has 3 rings (SSSR count). The SMILES string of the molecule is Cc1noc(C)c1COc1cccc(C(=O)N(C)CCOc2ccc(Cl)cc2)c1. The molecule has 0 atom stereocenters. The lowest BCUT2D eigenvalue weighted by Crippen LogP contribution is -2.30. The smallest absolute Gasteiger partial charge is 0.253 e. The molecule has 0 aliphatic rings. The lowest BCUT2D eigenvalue weighted by Gasteiger charge is -2.18. The maximum Gasteiger partial charge on any atom is 0.253 e. The van der Waals surface area contributed by atoms with Gasteiger partial charge in [-0.3, -0.25) is 4.79 Å². The molecule has 1 amide bonds. The number of likely N-dealkylation sites (N-methyl/N-ethyl adjacent to an activating group) is 1. The fourth-order valence-corrected chi connectivity index (χ4v) is 2.86. The van der Waals surface area contributed by atoms with Gasteiger partial charge in [0, 0.05) is 17.6 Å². The van der Waals surface area contributed by atoms with Crippen molar-refractivity contribution in [3.63, 3.8) is 0 Å². The molecule has 3 aromatic rings. The summed E-state index contributed by atoms with van der Waals surface area (Å²) >= 11 is 5.86. The highest BCUT2D eigenvalue weighted by atomic mass is 35.5. The first-order valence-electron chi connectivity index (χ1n) is 9.22. The van der Waals surface area contributed by atoms with Gasteiger partial charge in [0.2, 0.25) is 0 Å². The van der Waals surface area contributed by atoms with E-state index in [1.807, 2.05) is 19.9 Å². The van der Waals surface area contributed by atoms with Crippen molar-refractivity contribution in [1.29, 1.82) is 0 Å². The second-order valence-electron chi connectivity index (χ2n) is 6.65. The maximum atomic E-state index is 12.7. The van der Waals surface area contributed by atoms with E-state index in [4.69, 9.17) is 25.6 Å². The number of carbonyl (C=O) groups excluding carboxylic acids is 1. The minimum absolute atomic E-state index is 0.104. The minimum atomic E-state index is -0.104. The Morgan fingerprint density at radius 1 is 1.10 bits per heavy atom. The van der Waals surface area contributed by atoms with Crippen molar-refractivity contribution >= 4 is 17.5 Å². The molecule has 6 nitrogen and oxygen atoms in total. The Labute approximate surface area is 175 Å². The summed E-state index contributed by atoms with van der Waals surface area (Å²) in [5, 5.41) is 4.57. The summed E-state index contributed by atoms with van der Waals surface area (Å²) in [6, 6.07) is 14.2. The van der Waals surface area contributed by atoms with Crippen LogP contribution in [0.3, 0.4) is 0 Å². The molecule has 2 aromatic carbocycles. The predicted octanol–water partition coefficient (Wildman–Crippen LogP) is 4.67. The molecular formula is C22H23ClN2O4. The molecule has 0 unspecified atom stereocenters. The van der Waals surface area contributed by atoms with E-state index in [-0.39, 0.29) is 5.91 Å². The van der Waals surface area contributed by atoms with Gasteiger partial charge in [0.1, 0.15) is 30.5 Å². The summed E-state index contributed by atoms with van der Waals surface area (Å²) in [4.78, 5) is 14.3.